The van der Waals surface area contributed by atoms with Gasteiger partial charge >= 0.3 is 0 Å². The summed E-state index contributed by atoms with van der Waals surface area (Å²) in [6.07, 6.45) is 5.82. The van der Waals surface area contributed by atoms with Gasteiger partial charge in [0.2, 0.25) is 0 Å². The first-order valence-corrected chi connectivity index (χ1v) is 12.7. The molecule has 2 heterocycles. The fourth-order valence-corrected chi connectivity index (χ4v) is 4.25. The van der Waals surface area contributed by atoms with E-state index in [0.29, 0.717) is 5.92 Å². The molecule has 0 atom stereocenters. The van der Waals surface area contributed by atoms with Crippen LogP contribution in [-0.4, -0.2) is 27.0 Å². The Morgan fingerprint density at radius 1 is 0.771 bits per heavy atom. The zero-order valence-electron chi connectivity index (χ0n) is 23.3. The lowest BCUT2D eigenvalue weighted by molar-refractivity contribution is 0.362. The van der Waals surface area contributed by atoms with E-state index < -0.39 is 0 Å². The van der Waals surface area contributed by atoms with Crippen LogP contribution in [0, 0.1) is 0 Å². The standard InChI is InChI=1S/C30H43N5/c1-20(2)24-25(21-14-12-11-13-15-21)34-23(19-32-24)29(6,7)16-17-30(8,9)26-27(31-10)35-22(18-33-26)28(3,4)5/h11-15,18-20H,16-17H2,1-10H3,(H,31,35). The van der Waals surface area contributed by atoms with Crippen LogP contribution in [0.1, 0.15) is 104 Å². The molecule has 3 rings (SSSR count). The van der Waals surface area contributed by atoms with Crippen molar-refractivity contribution in [3.8, 4) is 11.3 Å². The molecule has 0 bridgehead atoms. The van der Waals surface area contributed by atoms with Crippen molar-refractivity contribution in [1.82, 2.24) is 19.9 Å². The average molecular weight is 474 g/mol. The smallest absolute Gasteiger partial charge is 0.148 e. The van der Waals surface area contributed by atoms with Gasteiger partial charge in [0.05, 0.1) is 28.5 Å². The van der Waals surface area contributed by atoms with Gasteiger partial charge in [0.25, 0.3) is 0 Å². The number of rotatable bonds is 8. The van der Waals surface area contributed by atoms with Crippen molar-refractivity contribution in [3.05, 3.63) is 65.5 Å². The minimum atomic E-state index is -0.146. The monoisotopic (exact) mass is 473 g/mol. The van der Waals surface area contributed by atoms with Gasteiger partial charge in [0.1, 0.15) is 5.82 Å². The molecule has 0 spiro atoms. The van der Waals surface area contributed by atoms with Crippen molar-refractivity contribution in [3.63, 3.8) is 0 Å². The number of hydrogen-bond donors (Lipinski definition) is 1. The first-order valence-electron chi connectivity index (χ1n) is 12.7. The average Bonchev–Trinajstić information content (AvgIpc) is 2.82. The van der Waals surface area contributed by atoms with Gasteiger partial charge in [-0.2, -0.15) is 0 Å². The third-order valence-electron chi connectivity index (χ3n) is 6.88. The molecule has 0 amide bonds. The van der Waals surface area contributed by atoms with E-state index in [4.69, 9.17) is 19.9 Å². The lowest BCUT2D eigenvalue weighted by Crippen LogP contribution is -2.28. The maximum absolute atomic E-state index is 5.18. The maximum atomic E-state index is 5.18. The van der Waals surface area contributed by atoms with Crippen LogP contribution in [0.5, 0.6) is 0 Å². The van der Waals surface area contributed by atoms with Gasteiger partial charge < -0.3 is 5.32 Å². The molecule has 0 saturated carbocycles. The molecule has 0 unspecified atom stereocenters. The molecule has 0 radical (unpaired) electrons. The van der Waals surface area contributed by atoms with E-state index in [0.717, 1.165) is 52.7 Å². The third kappa shape index (κ3) is 6.06. The van der Waals surface area contributed by atoms with E-state index in [1.54, 1.807) is 0 Å². The second-order valence-electron chi connectivity index (χ2n) is 12.2. The molecule has 35 heavy (non-hydrogen) atoms. The van der Waals surface area contributed by atoms with E-state index in [1.165, 1.54) is 0 Å². The van der Waals surface area contributed by atoms with E-state index in [9.17, 15) is 0 Å². The van der Waals surface area contributed by atoms with Gasteiger partial charge in [-0.15, -0.1) is 0 Å². The van der Waals surface area contributed by atoms with Crippen molar-refractivity contribution >= 4 is 5.82 Å². The number of aromatic nitrogens is 4. The molecule has 5 nitrogen and oxygen atoms in total. The zero-order valence-corrected chi connectivity index (χ0v) is 23.3. The largest absolute Gasteiger partial charge is 0.372 e. The van der Waals surface area contributed by atoms with Crippen molar-refractivity contribution in [1.29, 1.82) is 0 Å². The molecular weight excluding hydrogens is 430 g/mol. The van der Waals surface area contributed by atoms with Crippen LogP contribution >= 0.6 is 0 Å². The normalized spacial score (nSPS) is 12.8. The fraction of sp³-hybridized carbons (Fsp3) is 0.533. The number of anilines is 1. The van der Waals surface area contributed by atoms with E-state index >= 15 is 0 Å². The molecule has 0 saturated heterocycles. The Balaban J connectivity index is 1.90. The molecule has 0 aliphatic heterocycles. The molecule has 1 N–H and O–H groups in total. The number of benzene rings is 1. The molecule has 3 aromatic rings. The zero-order chi connectivity index (χ0) is 26.0. The molecule has 0 aliphatic carbocycles. The van der Waals surface area contributed by atoms with Crippen LogP contribution < -0.4 is 5.32 Å². The topological polar surface area (TPSA) is 63.6 Å². The van der Waals surface area contributed by atoms with Gasteiger partial charge in [-0.1, -0.05) is 92.6 Å². The van der Waals surface area contributed by atoms with Crippen LogP contribution in [0.2, 0.25) is 0 Å². The molecule has 1 aromatic carbocycles. The summed E-state index contributed by atoms with van der Waals surface area (Å²) >= 11 is 0. The van der Waals surface area contributed by atoms with E-state index in [2.05, 4.69) is 91.9 Å². The Labute approximate surface area is 212 Å². The van der Waals surface area contributed by atoms with Crippen molar-refractivity contribution in [2.75, 3.05) is 12.4 Å². The summed E-state index contributed by atoms with van der Waals surface area (Å²) in [5, 5.41) is 3.29. The number of hydrogen-bond acceptors (Lipinski definition) is 5. The predicted molar refractivity (Wildman–Crippen MR) is 147 cm³/mol. The Bertz CT molecular complexity index is 1140. The fourth-order valence-electron chi connectivity index (χ4n) is 4.25. The lowest BCUT2D eigenvalue weighted by Gasteiger charge is -2.32. The Hall–Kier alpha value is -2.82. The van der Waals surface area contributed by atoms with Gasteiger partial charge in [-0.05, 0) is 18.8 Å². The second kappa shape index (κ2) is 10.0. The molecule has 0 aliphatic rings. The SMILES string of the molecule is CNc1nc(C(C)(C)C)cnc1C(C)(C)CCC(C)(C)c1cnc(C(C)C)c(-c2ccccc2)n1. The van der Waals surface area contributed by atoms with Gasteiger partial charge in [-0.25, -0.2) is 9.97 Å². The van der Waals surface area contributed by atoms with Crippen LogP contribution in [0.15, 0.2) is 42.7 Å². The highest BCUT2D eigenvalue weighted by molar-refractivity contribution is 5.62. The third-order valence-corrected chi connectivity index (χ3v) is 6.88. The van der Waals surface area contributed by atoms with Crippen LogP contribution in [-0.2, 0) is 16.2 Å². The molecule has 0 fully saturated rings. The quantitative estimate of drug-likeness (QED) is 0.368. The van der Waals surface area contributed by atoms with E-state index in [1.807, 2.05) is 25.5 Å². The maximum Gasteiger partial charge on any atom is 0.148 e. The highest BCUT2D eigenvalue weighted by atomic mass is 15.0. The van der Waals surface area contributed by atoms with E-state index in [-0.39, 0.29) is 16.2 Å². The summed E-state index contributed by atoms with van der Waals surface area (Å²) in [7, 11) is 1.93. The minimum absolute atomic E-state index is 0.0411. The summed E-state index contributed by atoms with van der Waals surface area (Å²) in [4.78, 5) is 19.9. The molecule has 188 valence electrons. The summed E-state index contributed by atoms with van der Waals surface area (Å²) in [5.74, 6) is 1.18. The van der Waals surface area contributed by atoms with Crippen LogP contribution in [0.4, 0.5) is 5.82 Å². The summed E-state index contributed by atoms with van der Waals surface area (Å²) in [6, 6.07) is 10.4. The van der Waals surface area contributed by atoms with Crippen molar-refractivity contribution < 1.29 is 0 Å². The highest BCUT2D eigenvalue weighted by Gasteiger charge is 2.32. The molecule has 2 aromatic heterocycles. The first kappa shape index (κ1) is 26.8. The lowest BCUT2D eigenvalue weighted by atomic mass is 9.75. The van der Waals surface area contributed by atoms with Crippen molar-refractivity contribution in [2.24, 2.45) is 0 Å². The Kier molecular flexibility index (Phi) is 7.68. The van der Waals surface area contributed by atoms with Gasteiger partial charge in [-0.3, -0.25) is 9.97 Å². The Morgan fingerprint density at radius 2 is 1.37 bits per heavy atom. The number of nitrogens with zero attached hydrogens (tertiary/aromatic N) is 4. The summed E-state index contributed by atoms with van der Waals surface area (Å²) < 4.78 is 0. The summed E-state index contributed by atoms with van der Waals surface area (Å²) in [6.45, 7) is 19.9. The predicted octanol–water partition coefficient (Wildman–Crippen LogP) is 7.43. The van der Waals surface area contributed by atoms with Crippen LogP contribution in [0.25, 0.3) is 11.3 Å². The summed E-state index contributed by atoms with van der Waals surface area (Å²) in [5.41, 5.74) is 5.87. The number of nitrogens with one attached hydrogen (secondary N) is 1. The van der Waals surface area contributed by atoms with Gasteiger partial charge in [0, 0.05) is 41.2 Å². The van der Waals surface area contributed by atoms with Crippen molar-refractivity contribution in [2.45, 2.75) is 97.3 Å². The molecular formula is C30H43N5. The van der Waals surface area contributed by atoms with Crippen LogP contribution in [0.3, 0.4) is 0 Å². The molecule has 5 heteroatoms. The highest BCUT2D eigenvalue weighted by Crippen LogP contribution is 2.38. The minimum Gasteiger partial charge on any atom is -0.372 e. The van der Waals surface area contributed by atoms with Gasteiger partial charge in [0.15, 0.2) is 0 Å². The second-order valence-corrected chi connectivity index (χ2v) is 12.2. The first-order chi connectivity index (χ1) is 16.3. The Morgan fingerprint density at radius 3 is 1.94 bits per heavy atom.